The van der Waals surface area contributed by atoms with E-state index < -0.39 is 0 Å². The van der Waals surface area contributed by atoms with Gasteiger partial charge in [0.15, 0.2) is 17.5 Å². The molecule has 0 spiro atoms. The van der Waals surface area contributed by atoms with Crippen molar-refractivity contribution in [3.8, 4) is 11.5 Å². The predicted octanol–water partition coefficient (Wildman–Crippen LogP) is 4.15. The molecule has 1 atom stereocenters. The van der Waals surface area contributed by atoms with Crippen LogP contribution in [-0.4, -0.2) is 45.2 Å². The maximum Gasteiger partial charge on any atom is 0.251 e. The summed E-state index contributed by atoms with van der Waals surface area (Å²) in [5.74, 6) is 2.14. The second kappa shape index (κ2) is 15.3. The van der Waals surface area contributed by atoms with Crippen LogP contribution in [0.1, 0.15) is 49.2 Å². The monoisotopic (exact) mass is 554 g/mol. The van der Waals surface area contributed by atoms with Gasteiger partial charge in [-0.15, -0.1) is 24.0 Å². The molecule has 2 aromatic rings. The Labute approximate surface area is 208 Å². The maximum absolute atomic E-state index is 12.1. The fourth-order valence-electron chi connectivity index (χ4n) is 3.01. The topological polar surface area (TPSA) is 84.0 Å². The van der Waals surface area contributed by atoms with Crippen molar-refractivity contribution >= 4 is 35.8 Å². The average molecular weight is 554 g/mol. The summed E-state index contributed by atoms with van der Waals surface area (Å²) in [5, 5.41) is 9.60. The van der Waals surface area contributed by atoms with Crippen LogP contribution in [-0.2, 0) is 0 Å². The van der Waals surface area contributed by atoms with E-state index >= 15 is 0 Å². The van der Waals surface area contributed by atoms with E-state index in [1.54, 1.807) is 19.2 Å². The van der Waals surface area contributed by atoms with Crippen molar-refractivity contribution in [1.29, 1.82) is 0 Å². The second-order valence-electron chi connectivity index (χ2n) is 6.91. The summed E-state index contributed by atoms with van der Waals surface area (Å²) in [6.07, 6.45) is 0.783. The molecule has 7 nitrogen and oxygen atoms in total. The lowest BCUT2D eigenvalue weighted by molar-refractivity contribution is 0.0953. The first kappa shape index (κ1) is 27.5. The number of amides is 1. The van der Waals surface area contributed by atoms with Crippen LogP contribution in [0, 0.1) is 0 Å². The molecule has 0 fully saturated rings. The van der Waals surface area contributed by atoms with E-state index in [2.05, 4.69) is 27.9 Å². The summed E-state index contributed by atoms with van der Waals surface area (Å²) in [4.78, 5) is 16.3. The van der Waals surface area contributed by atoms with Crippen molar-refractivity contribution in [2.24, 2.45) is 4.99 Å². The molecule has 0 bridgehead atoms. The van der Waals surface area contributed by atoms with Gasteiger partial charge in [0.2, 0.25) is 0 Å². The molecule has 1 unspecified atom stereocenters. The Morgan fingerprint density at radius 3 is 2.28 bits per heavy atom. The highest BCUT2D eigenvalue weighted by atomic mass is 127. The van der Waals surface area contributed by atoms with Gasteiger partial charge in [-0.05, 0) is 57.0 Å². The zero-order valence-electron chi connectivity index (χ0n) is 19.3. The highest BCUT2D eigenvalue weighted by Crippen LogP contribution is 2.30. The molecule has 3 N–H and O–H groups in total. The molecule has 1 amide bonds. The van der Waals surface area contributed by atoms with Crippen LogP contribution in [0.5, 0.6) is 11.5 Å². The van der Waals surface area contributed by atoms with Crippen molar-refractivity contribution in [2.75, 3.05) is 33.4 Å². The van der Waals surface area contributed by atoms with Gasteiger partial charge < -0.3 is 25.4 Å². The summed E-state index contributed by atoms with van der Waals surface area (Å²) < 4.78 is 11.4. The van der Waals surface area contributed by atoms with E-state index in [4.69, 9.17) is 9.47 Å². The number of nitrogens with zero attached hydrogens (tertiary/aromatic N) is 1. The minimum absolute atomic E-state index is 0. The third-order valence-corrected chi connectivity index (χ3v) is 4.61. The molecule has 32 heavy (non-hydrogen) atoms. The largest absolute Gasteiger partial charge is 0.490 e. The zero-order chi connectivity index (χ0) is 22.5. The molecule has 0 saturated carbocycles. The number of hydrogen-bond donors (Lipinski definition) is 3. The van der Waals surface area contributed by atoms with Crippen molar-refractivity contribution in [3.05, 3.63) is 59.7 Å². The molecule has 0 aromatic heterocycles. The lowest BCUT2D eigenvalue weighted by atomic mass is 10.1. The van der Waals surface area contributed by atoms with Crippen molar-refractivity contribution in [2.45, 2.75) is 33.2 Å². The molecule has 176 valence electrons. The Balaban J connectivity index is 0.00000512. The highest BCUT2D eigenvalue weighted by Gasteiger charge is 2.12. The molecule has 8 heteroatoms. The van der Waals surface area contributed by atoms with Crippen LogP contribution in [0.15, 0.2) is 53.5 Å². The van der Waals surface area contributed by atoms with Gasteiger partial charge in [-0.3, -0.25) is 9.79 Å². The van der Waals surface area contributed by atoms with E-state index in [1.165, 1.54) is 0 Å². The molecule has 0 aliphatic carbocycles. The summed E-state index contributed by atoms with van der Waals surface area (Å²) in [7, 11) is 1.74. The van der Waals surface area contributed by atoms with Gasteiger partial charge in [0.05, 0.1) is 19.3 Å². The molecule has 2 rings (SSSR count). The van der Waals surface area contributed by atoms with Gasteiger partial charge in [0.25, 0.3) is 5.91 Å². The normalized spacial score (nSPS) is 11.7. The Morgan fingerprint density at radius 2 is 1.62 bits per heavy atom. The maximum atomic E-state index is 12.1. The Kier molecular flexibility index (Phi) is 13.2. The zero-order valence-corrected chi connectivity index (χ0v) is 21.6. The first-order valence-electron chi connectivity index (χ1n) is 10.8. The molecular formula is C24H35IN4O3. The number of carbonyl (C=O) groups is 1. The minimum Gasteiger partial charge on any atom is -0.490 e. The summed E-state index contributed by atoms with van der Waals surface area (Å²) in [5.41, 5.74) is 1.74. The Hall–Kier alpha value is -2.49. The molecule has 0 aliphatic heterocycles. The predicted molar refractivity (Wildman–Crippen MR) is 140 cm³/mol. The van der Waals surface area contributed by atoms with Gasteiger partial charge in [-0.25, -0.2) is 0 Å². The molecule has 0 saturated heterocycles. The van der Waals surface area contributed by atoms with Gasteiger partial charge >= 0.3 is 0 Å². The summed E-state index contributed by atoms with van der Waals surface area (Å²) in [6, 6.07) is 15.2. The molecule has 0 aliphatic rings. The number of nitrogens with one attached hydrogen (secondary N) is 3. The van der Waals surface area contributed by atoms with Crippen molar-refractivity contribution in [3.63, 3.8) is 0 Å². The SMILES string of the molecule is CCOc1ccc(C(C)NC(=NC)NCCCNC(=O)c2ccccc2)cc1OCC.I. The Bertz CT molecular complexity index is 846. The lowest BCUT2D eigenvalue weighted by Crippen LogP contribution is -2.40. The third-order valence-electron chi connectivity index (χ3n) is 4.61. The Morgan fingerprint density at radius 1 is 0.969 bits per heavy atom. The van der Waals surface area contributed by atoms with E-state index in [0.717, 1.165) is 23.5 Å². The van der Waals surface area contributed by atoms with Gasteiger partial charge in [-0.1, -0.05) is 24.3 Å². The first-order valence-corrected chi connectivity index (χ1v) is 10.8. The van der Waals surface area contributed by atoms with Gasteiger partial charge in [0, 0.05) is 25.7 Å². The van der Waals surface area contributed by atoms with Crippen LogP contribution < -0.4 is 25.4 Å². The first-order chi connectivity index (χ1) is 15.1. The van der Waals surface area contributed by atoms with Gasteiger partial charge in [-0.2, -0.15) is 0 Å². The van der Waals surface area contributed by atoms with Crippen LogP contribution >= 0.6 is 24.0 Å². The van der Waals surface area contributed by atoms with Crippen molar-refractivity contribution in [1.82, 2.24) is 16.0 Å². The molecule has 0 heterocycles. The van der Waals surface area contributed by atoms with Crippen LogP contribution in [0.4, 0.5) is 0 Å². The van der Waals surface area contributed by atoms with E-state index in [-0.39, 0.29) is 35.9 Å². The number of ether oxygens (including phenoxy) is 2. The summed E-state index contributed by atoms with van der Waals surface area (Å²) in [6.45, 7) is 8.43. The fraction of sp³-hybridized carbons (Fsp3) is 0.417. The average Bonchev–Trinajstić information content (AvgIpc) is 2.79. The quantitative estimate of drug-likeness (QED) is 0.168. The third kappa shape index (κ3) is 8.94. The van der Waals surface area contributed by atoms with E-state index in [1.807, 2.05) is 50.2 Å². The smallest absolute Gasteiger partial charge is 0.251 e. The number of benzene rings is 2. The van der Waals surface area contributed by atoms with Crippen LogP contribution in [0.25, 0.3) is 0 Å². The van der Waals surface area contributed by atoms with Crippen molar-refractivity contribution < 1.29 is 14.3 Å². The molecular weight excluding hydrogens is 519 g/mol. The van der Waals surface area contributed by atoms with Gasteiger partial charge in [0.1, 0.15) is 0 Å². The number of hydrogen-bond acceptors (Lipinski definition) is 4. The second-order valence-corrected chi connectivity index (χ2v) is 6.91. The minimum atomic E-state index is -0.0580. The fourth-order valence-corrected chi connectivity index (χ4v) is 3.01. The number of guanidine groups is 1. The number of rotatable bonds is 11. The highest BCUT2D eigenvalue weighted by molar-refractivity contribution is 14.0. The number of halogens is 1. The van der Waals surface area contributed by atoms with E-state index in [9.17, 15) is 4.79 Å². The molecule has 0 radical (unpaired) electrons. The van der Waals surface area contributed by atoms with Crippen LogP contribution in [0.2, 0.25) is 0 Å². The van der Waals surface area contributed by atoms with Crippen LogP contribution in [0.3, 0.4) is 0 Å². The number of carbonyl (C=O) groups excluding carboxylic acids is 1. The standard InChI is InChI=1S/C24H34N4O3.HI/c1-5-30-21-14-13-20(17-22(21)31-6-2)18(3)28-24(25-4)27-16-10-15-26-23(29)19-11-8-7-9-12-19;/h7-9,11-14,17-18H,5-6,10,15-16H2,1-4H3,(H,26,29)(H2,25,27,28);1H. The lowest BCUT2D eigenvalue weighted by Gasteiger charge is -2.20. The number of aliphatic imine (C=N–C) groups is 1. The van der Waals surface area contributed by atoms with E-state index in [0.29, 0.717) is 37.8 Å². The molecule has 2 aromatic carbocycles. The summed E-state index contributed by atoms with van der Waals surface area (Å²) >= 11 is 0.